The summed E-state index contributed by atoms with van der Waals surface area (Å²) >= 11 is 7.13. The Labute approximate surface area is 188 Å². The monoisotopic (exact) mass is 450 g/mol. The molecule has 9 heteroatoms. The van der Waals surface area contributed by atoms with E-state index in [0.29, 0.717) is 32.4 Å². The average molecular weight is 451 g/mol. The van der Waals surface area contributed by atoms with Crippen LogP contribution in [0.5, 0.6) is 0 Å². The van der Waals surface area contributed by atoms with Crippen molar-refractivity contribution in [1.82, 2.24) is 15.0 Å². The van der Waals surface area contributed by atoms with Crippen molar-refractivity contribution < 1.29 is 4.79 Å². The van der Waals surface area contributed by atoms with E-state index in [0.717, 1.165) is 17.1 Å². The normalized spacial score (nSPS) is 10.5. The van der Waals surface area contributed by atoms with Gasteiger partial charge in [-0.25, -0.2) is 15.0 Å². The minimum Gasteiger partial charge on any atom is -0.340 e. The molecule has 0 spiro atoms. The molecule has 1 amide bonds. The van der Waals surface area contributed by atoms with Crippen LogP contribution in [0.25, 0.3) is 0 Å². The van der Waals surface area contributed by atoms with Crippen LogP contribution >= 0.6 is 22.9 Å². The van der Waals surface area contributed by atoms with Crippen LogP contribution in [0.15, 0.2) is 60.8 Å². The van der Waals surface area contributed by atoms with Crippen molar-refractivity contribution in [2.75, 3.05) is 16.0 Å². The Kier molecular flexibility index (Phi) is 6.11. The molecule has 3 N–H and O–H groups in total. The number of hydrogen-bond donors (Lipinski definition) is 3. The molecule has 3 aromatic heterocycles. The molecule has 0 aliphatic carbocycles. The molecule has 156 valence electrons. The van der Waals surface area contributed by atoms with Crippen LogP contribution < -0.4 is 16.0 Å². The lowest BCUT2D eigenvalue weighted by Crippen LogP contribution is -2.09. The lowest BCUT2D eigenvalue weighted by atomic mass is 10.2. The second kappa shape index (κ2) is 9.11. The van der Waals surface area contributed by atoms with Gasteiger partial charge in [-0.3, -0.25) is 4.79 Å². The van der Waals surface area contributed by atoms with Crippen LogP contribution in [0.1, 0.15) is 21.1 Å². The predicted octanol–water partition coefficient (Wildman–Crippen LogP) is 5.94. The zero-order chi connectivity index (χ0) is 21.8. The number of rotatable bonds is 6. The number of halogens is 1. The summed E-state index contributed by atoms with van der Waals surface area (Å²) in [4.78, 5) is 26.0. The summed E-state index contributed by atoms with van der Waals surface area (Å²) in [6, 6.07) is 16.5. The van der Waals surface area contributed by atoms with E-state index >= 15 is 0 Å². The number of nitrogens with one attached hydrogen (secondary N) is 3. The maximum Gasteiger partial charge on any atom is 0.265 e. The quantitative estimate of drug-likeness (QED) is 0.336. The van der Waals surface area contributed by atoms with Crippen LogP contribution in [-0.4, -0.2) is 20.9 Å². The molecule has 0 saturated carbocycles. The van der Waals surface area contributed by atoms with Crippen LogP contribution in [0.2, 0.25) is 4.34 Å². The fourth-order valence-corrected chi connectivity index (χ4v) is 3.78. The molecule has 0 atom stereocenters. The smallest absolute Gasteiger partial charge is 0.265 e. The summed E-state index contributed by atoms with van der Waals surface area (Å²) in [5, 5.41) is 9.32. The number of hydrogen-bond acceptors (Lipinski definition) is 7. The first kappa shape index (κ1) is 20.8. The van der Waals surface area contributed by atoms with E-state index in [1.54, 1.807) is 18.3 Å². The number of aryl methyl sites for hydroxylation is 2. The van der Waals surface area contributed by atoms with Gasteiger partial charge in [0.1, 0.15) is 23.3 Å². The highest BCUT2D eigenvalue weighted by Gasteiger charge is 2.09. The number of carbonyl (C=O) groups is 1. The Morgan fingerprint density at radius 3 is 2.26 bits per heavy atom. The average Bonchev–Trinajstić information content (AvgIpc) is 3.16. The molecule has 0 fully saturated rings. The first-order valence-electron chi connectivity index (χ1n) is 9.44. The highest BCUT2D eigenvalue weighted by atomic mass is 35.5. The third-order valence-electron chi connectivity index (χ3n) is 4.22. The van der Waals surface area contributed by atoms with Gasteiger partial charge in [-0.1, -0.05) is 11.6 Å². The van der Waals surface area contributed by atoms with Gasteiger partial charge in [0.25, 0.3) is 5.91 Å². The van der Waals surface area contributed by atoms with Crippen molar-refractivity contribution in [2.45, 2.75) is 13.8 Å². The van der Waals surface area contributed by atoms with Gasteiger partial charge in [0.05, 0.1) is 9.21 Å². The molecular formula is C22H19ClN6OS. The van der Waals surface area contributed by atoms with E-state index in [1.807, 2.05) is 56.3 Å². The molecule has 7 nitrogen and oxygen atoms in total. The largest absolute Gasteiger partial charge is 0.340 e. The third-order valence-corrected chi connectivity index (χ3v) is 5.45. The first-order chi connectivity index (χ1) is 14.9. The van der Waals surface area contributed by atoms with Crippen molar-refractivity contribution in [3.05, 3.63) is 81.4 Å². The highest BCUT2D eigenvalue weighted by Crippen LogP contribution is 2.24. The second-order valence-electron chi connectivity index (χ2n) is 6.79. The number of pyridine rings is 1. The Morgan fingerprint density at radius 2 is 1.58 bits per heavy atom. The predicted molar refractivity (Wildman–Crippen MR) is 126 cm³/mol. The fourth-order valence-electron chi connectivity index (χ4n) is 2.85. The molecular weight excluding hydrogens is 432 g/mol. The van der Waals surface area contributed by atoms with Gasteiger partial charge in [0.15, 0.2) is 0 Å². The molecule has 0 radical (unpaired) electrons. The molecule has 0 bridgehead atoms. The molecule has 0 aliphatic rings. The molecule has 31 heavy (non-hydrogen) atoms. The first-order valence-corrected chi connectivity index (χ1v) is 10.6. The summed E-state index contributed by atoms with van der Waals surface area (Å²) < 4.78 is 0.580. The minimum absolute atomic E-state index is 0.190. The Balaban J connectivity index is 1.44. The van der Waals surface area contributed by atoms with Crippen molar-refractivity contribution in [1.29, 1.82) is 0 Å². The number of carbonyl (C=O) groups excluding carboxylic acids is 1. The van der Waals surface area contributed by atoms with E-state index in [2.05, 4.69) is 30.9 Å². The van der Waals surface area contributed by atoms with Gasteiger partial charge >= 0.3 is 0 Å². The maximum absolute atomic E-state index is 12.2. The van der Waals surface area contributed by atoms with Gasteiger partial charge in [-0.15, -0.1) is 11.3 Å². The van der Waals surface area contributed by atoms with Crippen LogP contribution in [0.3, 0.4) is 0 Å². The zero-order valence-corrected chi connectivity index (χ0v) is 18.4. The summed E-state index contributed by atoms with van der Waals surface area (Å²) in [6.07, 6.45) is 1.75. The number of thiophene rings is 1. The molecule has 4 aromatic rings. The zero-order valence-electron chi connectivity index (χ0n) is 16.8. The second-order valence-corrected chi connectivity index (χ2v) is 8.50. The van der Waals surface area contributed by atoms with Crippen molar-refractivity contribution >= 4 is 57.7 Å². The van der Waals surface area contributed by atoms with Crippen LogP contribution in [-0.2, 0) is 0 Å². The summed E-state index contributed by atoms with van der Waals surface area (Å²) in [5.74, 6) is 2.44. The Bertz CT molecular complexity index is 1220. The standard InChI is InChI=1S/C22H19ClN6OS/c1-13-9-10-24-19(11-13)29-21-12-20(25-14(2)26-21)27-15-3-5-16(6-4-15)28-22(30)17-7-8-18(23)31-17/h3-12H,1-2H3,(H,28,30)(H2,24,25,26,27,29). The highest BCUT2D eigenvalue weighted by molar-refractivity contribution is 7.18. The van der Waals surface area contributed by atoms with E-state index in [1.165, 1.54) is 11.3 Å². The van der Waals surface area contributed by atoms with Crippen LogP contribution in [0.4, 0.5) is 28.8 Å². The Morgan fingerprint density at radius 1 is 0.871 bits per heavy atom. The van der Waals surface area contributed by atoms with Crippen LogP contribution in [0, 0.1) is 13.8 Å². The minimum atomic E-state index is -0.190. The summed E-state index contributed by atoms with van der Waals surface area (Å²) in [7, 11) is 0. The Hall–Kier alpha value is -3.49. The van der Waals surface area contributed by atoms with Crippen molar-refractivity contribution in [2.24, 2.45) is 0 Å². The third kappa shape index (κ3) is 5.56. The SMILES string of the molecule is Cc1ccnc(Nc2cc(Nc3ccc(NC(=O)c4ccc(Cl)s4)cc3)nc(C)n2)c1. The number of anilines is 5. The van der Waals surface area contributed by atoms with Gasteiger partial charge in [0, 0.05) is 23.6 Å². The fraction of sp³-hybridized carbons (Fsp3) is 0.0909. The lowest BCUT2D eigenvalue weighted by molar-refractivity contribution is 0.103. The van der Waals surface area contributed by atoms with E-state index in [-0.39, 0.29) is 5.91 Å². The van der Waals surface area contributed by atoms with Gasteiger partial charge in [-0.2, -0.15) is 0 Å². The van der Waals surface area contributed by atoms with Gasteiger partial charge < -0.3 is 16.0 Å². The lowest BCUT2D eigenvalue weighted by Gasteiger charge is -2.11. The molecule has 0 aliphatic heterocycles. The molecule has 0 saturated heterocycles. The van der Waals surface area contributed by atoms with Gasteiger partial charge in [0.2, 0.25) is 0 Å². The van der Waals surface area contributed by atoms with E-state index in [9.17, 15) is 4.79 Å². The van der Waals surface area contributed by atoms with Crippen molar-refractivity contribution in [3.8, 4) is 0 Å². The topological polar surface area (TPSA) is 91.8 Å². The van der Waals surface area contributed by atoms with Crippen molar-refractivity contribution in [3.63, 3.8) is 0 Å². The maximum atomic E-state index is 12.2. The van der Waals surface area contributed by atoms with E-state index in [4.69, 9.17) is 11.6 Å². The molecule has 3 heterocycles. The number of benzene rings is 1. The summed E-state index contributed by atoms with van der Waals surface area (Å²) in [6.45, 7) is 3.84. The number of aromatic nitrogens is 3. The molecule has 4 rings (SSSR count). The molecule has 1 aromatic carbocycles. The van der Waals surface area contributed by atoms with E-state index < -0.39 is 0 Å². The number of amides is 1. The van der Waals surface area contributed by atoms with Gasteiger partial charge in [-0.05, 0) is 67.9 Å². The summed E-state index contributed by atoms with van der Waals surface area (Å²) in [5.41, 5.74) is 2.62. The number of nitrogens with zero attached hydrogens (tertiary/aromatic N) is 3. The molecule has 0 unspecified atom stereocenters.